The Morgan fingerprint density at radius 1 is 1.36 bits per heavy atom. The van der Waals surface area contributed by atoms with Gasteiger partial charge in [-0.25, -0.2) is 0 Å². The average molecular weight is 383 g/mol. The molecule has 1 fully saturated rings. The number of amides is 1. The van der Waals surface area contributed by atoms with E-state index in [0.29, 0.717) is 13.0 Å². The first-order chi connectivity index (χ1) is 13.2. The van der Waals surface area contributed by atoms with Crippen molar-refractivity contribution in [2.75, 3.05) is 6.54 Å². The molecule has 0 radical (unpaired) electrons. The highest BCUT2D eigenvalue weighted by Crippen LogP contribution is 2.32. The number of nitrogens with one attached hydrogen (secondary N) is 2. The number of hydrogen-bond acceptors (Lipinski definition) is 3. The van der Waals surface area contributed by atoms with Crippen molar-refractivity contribution in [2.24, 2.45) is 5.41 Å². The lowest BCUT2D eigenvalue weighted by molar-refractivity contribution is -0.135. The Balaban J connectivity index is 1.56. The summed E-state index contributed by atoms with van der Waals surface area (Å²) >= 11 is 0. The zero-order valence-corrected chi connectivity index (χ0v) is 17.2. The molecule has 28 heavy (non-hydrogen) atoms. The number of aromatic nitrogens is 3. The fourth-order valence-corrected chi connectivity index (χ4v) is 4.16. The highest BCUT2D eigenvalue weighted by molar-refractivity contribution is 5.83. The molecule has 2 aromatic heterocycles. The number of aliphatic hydroxyl groups excluding tert-OH is 1. The molecule has 1 aliphatic heterocycles. The molecule has 0 aromatic carbocycles. The maximum atomic E-state index is 12.2. The number of aromatic amines is 2. The smallest absolute Gasteiger partial charge is 0.251 e. The summed E-state index contributed by atoms with van der Waals surface area (Å²) in [7, 11) is 0. The van der Waals surface area contributed by atoms with Crippen LogP contribution in [0.3, 0.4) is 0 Å². The molecule has 4 rings (SSSR count). The molecular weight excluding hydrogens is 352 g/mol. The van der Waals surface area contributed by atoms with E-state index in [-0.39, 0.29) is 17.4 Å². The van der Waals surface area contributed by atoms with Crippen molar-refractivity contribution in [1.29, 1.82) is 0 Å². The summed E-state index contributed by atoms with van der Waals surface area (Å²) in [5.74, 6) is -0.155. The van der Waals surface area contributed by atoms with Gasteiger partial charge in [-0.15, -0.1) is 0 Å². The van der Waals surface area contributed by atoms with Gasteiger partial charge < -0.3 is 15.0 Å². The van der Waals surface area contributed by atoms with Crippen molar-refractivity contribution < 1.29 is 9.90 Å². The third-order valence-corrected chi connectivity index (χ3v) is 5.91. The number of aryl methyl sites for hydroxylation is 1. The van der Waals surface area contributed by atoms with Crippen LogP contribution < -0.4 is 0 Å². The van der Waals surface area contributed by atoms with Gasteiger partial charge in [-0.1, -0.05) is 32.9 Å². The summed E-state index contributed by atoms with van der Waals surface area (Å²) in [6, 6.07) is 2.16. The van der Waals surface area contributed by atoms with E-state index in [4.69, 9.17) is 0 Å². The van der Waals surface area contributed by atoms with Crippen LogP contribution in [0.15, 0.2) is 12.1 Å². The Morgan fingerprint density at radius 3 is 2.82 bits per heavy atom. The molecule has 3 heterocycles. The van der Waals surface area contributed by atoms with Crippen LogP contribution in [0.25, 0.3) is 17.5 Å². The number of H-pyrrole nitrogens is 2. The summed E-state index contributed by atoms with van der Waals surface area (Å²) in [5.41, 5.74) is 6.97. The third-order valence-electron chi connectivity index (χ3n) is 5.91. The van der Waals surface area contributed by atoms with Gasteiger partial charge in [0.2, 0.25) is 0 Å². The van der Waals surface area contributed by atoms with Gasteiger partial charge >= 0.3 is 0 Å². The van der Waals surface area contributed by atoms with Gasteiger partial charge in [0, 0.05) is 29.9 Å². The first kappa shape index (κ1) is 19.0. The van der Waals surface area contributed by atoms with E-state index in [0.717, 1.165) is 47.6 Å². The molecule has 1 amide bonds. The van der Waals surface area contributed by atoms with Crippen molar-refractivity contribution >= 4 is 12.0 Å². The number of nitrogens with zero attached hydrogens (tertiary/aromatic N) is 2. The van der Waals surface area contributed by atoms with Crippen LogP contribution in [-0.2, 0) is 17.6 Å². The normalized spacial score (nSPS) is 22.2. The lowest BCUT2D eigenvalue weighted by Crippen LogP contribution is -2.39. The van der Waals surface area contributed by atoms with Crippen LogP contribution >= 0.6 is 0 Å². The van der Waals surface area contributed by atoms with Crippen LogP contribution in [0.2, 0.25) is 0 Å². The fourth-order valence-electron chi connectivity index (χ4n) is 4.16. The van der Waals surface area contributed by atoms with Gasteiger partial charge in [-0.2, -0.15) is 5.10 Å². The minimum Gasteiger partial charge on any atom is -0.383 e. The maximum absolute atomic E-state index is 12.2. The predicted octanol–water partition coefficient (Wildman–Crippen LogP) is 3.22. The van der Waals surface area contributed by atoms with Crippen molar-refractivity contribution in [3.8, 4) is 11.4 Å². The van der Waals surface area contributed by atoms with E-state index in [1.165, 1.54) is 5.56 Å². The molecule has 0 saturated carbocycles. The number of fused-ring (bicyclic) bond motifs is 1. The molecule has 0 bridgehead atoms. The molecular formula is C22H30N4O2. The molecule has 3 N–H and O–H groups in total. The zero-order valence-electron chi connectivity index (χ0n) is 17.2. The summed E-state index contributed by atoms with van der Waals surface area (Å²) in [6.45, 7) is 9.48. The zero-order chi connectivity index (χ0) is 20.1. The Labute approximate surface area is 166 Å². The van der Waals surface area contributed by atoms with E-state index >= 15 is 0 Å². The fraction of sp³-hybridized carbons (Fsp3) is 0.545. The lowest BCUT2D eigenvalue weighted by Gasteiger charge is -2.27. The summed E-state index contributed by atoms with van der Waals surface area (Å²) in [6.07, 6.45) is 6.67. The molecule has 2 aromatic rings. The van der Waals surface area contributed by atoms with E-state index in [9.17, 15) is 9.90 Å². The highest BCUT2D eigenvalue weighted by atomic mass is 16.3. The first-order valence-electron chi connectivity index (χ1n) is 10.2. The van der Waals surface area contributed by atoms with Crippen molar-refractivity contribution in [3.63, 3.8) is 0 Å². The van der Waals surface area contributed by atoms with Gasteiger partial charge in [0.15, 0.2) is 0 Å². The number of carbonyl (C=O) groups excluding carboxylic acids is 1. The van der Waals surface area contributed by atoms with E-state index in [1.807, 2.05) is 0 Å². The largest absolute Gasteiger partial charge is 0.383 e. The SMILES string of the molecule is Cc1[nH]nc(-c2cc3c([nH]2)CC(N2CCC(O)C2=O)C=C3)c1CCC(C)(C)C. The number of rotatable bonds is 4. The van der Waals surface area contributed by atoms with Crippen LogP contribution in [0, 0.1) is 12.3 Å². The third kappa shape index (κ3) is 3.53. The van der Waals surface area contributed by atoms with E-state index < -0.39 is 6.10 Å². The van der Waals surface area contributed by atoms with Crippen LogP contribution in [0.1, 0.15) is 56.1 Å². The van der Waals surface area contributed by atoms with E-state index in [1.54, 1.807) is 4.90 Å². The topological polar surface area (TPSA) is 85.0 Å². The number of likely N-dealkylation sites (tertiary alicyclic amines) is 1. The van der Waals surface area contributed by atoms with Crippen LogP contribution in [-0.4, -0.2) is 49.8 Å². The van der Waals surface area contributed by atoms with Crippen molar-refractivity contribution in [3.05, 3.63) is 34.7 Å². The Morgan fingerprint density at radius 2 is 2.14 bits per heavy atom. The molecule has 1 aliphatic carbocycles. The molecule has 0 spiro atoms. The second-order valence-electron chi connectivity index (χ2n) is 9.32. The molecule has 150 valence electrons. The van der Waals surface area contributed by atoms with Gasteiger partial charge in [-0.3, -0.25) is 9.89 Å². The minimum absolute atomic E-state index is 0.00457. The summed E-state index contributed by atoms with van der Waals surface area (Å²) in [5, 5.41) is 17.5. The molecule has 6 nitrogen and oxygen atoms in total. The second-order valence-corrected chi connectivity index (χ2v) is 9.32. The molecule has 1 saturated heterocycles. The monoisotopic (exact) mass is 382 g/mol. The Kier molecular flexibility index (Phi) is 4.70. The molecule has 2 aliphatic rings. The van der Waals surface area contributed by atoms with E-state index in [2.05, 4.69) is 61.1 Å². The van der Waals surface area contributed by atoms with Gasteiger partial charge in [0.25, 0.3) is 5.91 Å². The molecule has 2 unspecified atom stereocenters. The number of aliphatic hydroxyl groups is 1. The Hall–Kier alpha value is -2.34. The first-order valence-corrected chi connectivity index (χ1v) is 10.2. The molecule has 2 atom stereocenters. The van der Waals surface area contributed by atoms with Crippen molar-refractivity contribution in [1.82, 2.24) is 20.1 Å². The van der Waals surface area contributed by atoms with Crippen LogP contribution in [0.4, 0.5) is 0 Å². The number of hydrogen-bond donors (Lipinski definition) is 3. The number of carbonyl (C=O) groups is 1. The molecule has 6 heteroatoms. The van der Waals surface area contributed by atoms with Crippen molar-refractivity contribution in [2.45, 2.75) is 65.5 Å². The predicted molar refractivity (Wildman–Crippen MR) is 110 cm³/mol. The Bertz CT molecular complexity index is 916. The minimum atomic E-state index is -0.841. The standard InChI is InChI=1S/C22H30N4O2/c1-13-16(7-9-22(2,3)4)20(25-24-13)18-11-14-5-6-15(12-17(14)23-18)26-10-8-19(27)21(26)28/h5-6,11,15,19,23,27H,7-10,12H2,1-4H3,(H,24,25). The van der Waals surface area contributed by atoms with Gasteiger partial charge in [0.1, 0.15) is 11.8 Å². The maximum Gasteiger partial charge on any atom is 0.251 e. The van der Waals surface area contributed by atoms with Gasteiger partial charge in [0.05, 0.1) is 11.7 Å². The average Bonchev–Trinajstić information content (AvgIpc) is 3.30. The van der Waals surface area contributed by atoms with Gasteiger partial charge in [-0.05, 0) is 43.2 Å². The summed E-state index contributed by atoms with van der Waals surface area (Å²) < 4.78 is 0. The van der Waals surface area contributed by atoms with Crippen LogP contribution in [0.5, 0.6) is 0 Å². The highest BCUT2D eigenvalue weighted by Gasteiger charge is 2.35. The lowest BCUT2D eigenvalue weighted by atomic mass is 9.88. The second kappa shape index (κ2) is 6.92. The quantitative estimate of drug-likeness (QED) is 0.759. The summed E-state index contributed by atoms with van der Waals surface area (Å²) in [4.78, 5) is 17.5.